The van der Waals surface area contributed by atoms with Gasteiger partial charge in [0.05, 0.1) is 26.4 Å². The lowest BCUT2D eigenvalue weighted by Crippen LogP contribution is -2.30. The minimum absolute atomic E-state index is 0.0988. The minimum Gasteiger partial charge on any atom is -0.462 e. The molecule has 19 heteroatoms. The maximum Gasteiger partial charge on any atom is 0.472 e. The quantitative estimate of drug-likeness (QED) is 0.0222. The van der Waals surface area contributed by atoms with Gasteiger partial charge in [-0.3, -0.25) is 37.3 Å². The normalized spacial score (nSPS) is 14.4. The smallest absolute Gasteiger partial charge is 0.462 e. The highest BCUT2D eigenvalue weighted by atomic mass is 31.2. The average Bonchev–Trinajstić information content (AvgIpc) is 3.40. The maximum absolute atomic E-state index is 12.9. The summed E-state index contributed by atoms with van der Waals surface area (Å²) in [5, 5.41) is 10.5. The van der Waals surface area contributed by atoms with Gasteiger partial charge < -0.3 is 33.8 Å². The number of carbonyl (C=O) groups excluding carboxylic acids is 4. The lowest BCUT2D eigenvalue weighted by atomic mass is 10.0. The molecule has 0 spiro atoms. The summed E-state index contributed by atoms with van der Waals surface area (Å²) in [6.07, 6.45) is 35.6. The second-order valence-electron chi connectivity index (χ2n) is 21.9. The Hall–Kier alpha value is -1.94. The van der Waals surface area contributed by atoms with Crippen LogP contribution in [0.1, 0.15) is 291 Å². The Morgan fingerprint density at radius 1 is 0.346 bits per heavy atom. The van der Waals surface area contributed by atoms with Gasteiger partial charge in [-0.25, -0.2) is 9.13 Å². The van der Waals surface area contributed by atoms with Crippen LogP contribution in [0.4, 0.5) is 0 Å². The average molecular weight is 1160 g/mol. The Labute approximate surface area is 473 Å². The van der Waals surface area contributed by atoms with Crippen LogP contribution in [-0.4, -0.2) is 96.7 Å². The second kappa shape index (κ2) is 53.1. The molecule has 0 amide bonds. The number of phosphoric ester groups is 2. The predicted octanol–water partition coefficient (Wildman–Crippen LogP) is 15.8. The summed E-state index contributed by atoms with van der Waals surface area (Å²) in [5.74, 6) is -1.38. The fraction of sp³-hybridized carbons (Fsp3) is 0.932. The third-order valence-electron chi connectivity index (χ3n) is 13.5. The molecule has 17 nitrogen and oxygen atoms in total. The van der Waals surface area contributed by atoms with Crippen molar-refractivity contribution in [2.24, 2.45) is 5.92 Å². The molecular formula is C59H114O17P2. The van der Waals surface area contributed by atoms with Crippen molar-refractivity contribution in [2.45, 2.75) is 310 Å². The highest BCUT2D eigenvalue weighted by Crippen LogP contribution is 2.45. The zero-order valence-electron chi connectivity index (χ0n) is 49.8. The molecule has 462 valence electrons. The van der Waals surface area contributed by atoms with Crippen LogP contribution in [-0.2, 0) is 65.4 Å². The van der Waals surface area contributed by atoms with E-state index in [4.69, 9.17) is 37.0 Å². The molecule has 0 aliphatic rings. The second-order valence-corrected chi connectivity index (χ2v) is 24.8. The summed E-state index contributed by atoms with van der Waals surface area (Å²) < 4.78 is 67.4. The van der Waals surface area contributed by atoms with Gasteiger partial charge in [0.1, 0.15) is 19.3 Å². The molecule has 0 aromatic rings. The summed E-state index contributed by atoms with van der Waals surface area (Å²) >= 11 is 0. The molecule has 0 aromatic heterocycles. The van der Waals surface area contributed by atoms with E-state index >= 15 is 0 Å². The van der Waals surface area contributed by atoms with E-state index in [9.17, 15) is 43.2 Å². The molecule has 0 saturated heterocycles. The Morgan fingerprint density at radius 2 is 0.590 bits per heavy atom. The molecule has 0 fully saturated rings. The van der Waals surface area contributed by atoms with Crippen LogP contribution in [0.5, 0.6) is 0 Å². The van der Waals surface area contributed by atoms with Gasteiger partial charge in [-0.05, 0) is 31.6 Å². The van der Waals surface area contributed by atoms with E-state index in [0.717, 1.165) is 102 Å². The third-order valence-corrected chi connectivity index (χ3v) is 15.4. The number of carbonyl (C=O) groups is 4. The lowest BCUT2D eigenvalue weighted by molar-refractivity contribution is -0.161. The van der Waals surface area contributed by atoms with Crippen molar-refractivity contribution >= 4 is 39.5 Å². The molecule has 0 aromatic carbocycles. The molecule has 0 bridgehead atoms. The molecule has 0 aliphatic heterocycles. The van der Waals surface area contributed by atoms with E-state index < -0.39 is 97.5 Å². The topological polar surface area (TPSA) is 237 Å². The monoisotopic (exact) mass is 1160 g/mol. The SMILES string of the molecule is CCCCCCCCCCCCCCCC(=O)OC[C@H](COP(=O)(O)OC[C@@H](O)COP(=O)(O)OC[C@@H](COC(=O)CCCCCCC)OC(=O)CCCCCCC)OC(=O)CCCCCCCCCCCCCCC(C)C. The highest BCUT2D eigenvalue weighted by Gasteiger charge is 2.30. The van der Waals surface area contributed by atoms with Crippen molar-refractivity contribution in [3.63, 3.8) is 0 Å². The summed E-state index contributed by atoms with van der Waals surface area (Å²) in [6.45, 7) is 6.99. The number of aliphatic hydroxyl groups excluding tert-OH is 1. The van der Waals surface area contributed by atoms with Gasteiger partial charge >= 0.3 is 39.5 Å². The highest BCUT2D eigenvalue weighted by molar-refractivity contribution is 7.47. The van der Waals surface area contributed by atoms with Gasteiger partial charge in [-0.15, -0.1) is 0 Å². The maximum atomic E-state index is 12.9. The van der Waals surface area contributed by atoms with Crippen molar-refractivity contribution in [3.8, 4) is 0 Å². The van der Waals surface area contributed by atoms with Crippen LogP contribution in [0.2, 0.25) is 0 Å². The van der Waals surface area contributed by atoms with Crippen LogP contribution in [0.25, 0.3) is 0 Å². The number of phosphoric acid groups is 2. The van der Waals surface area contributed by atoms with Crippen molar-refractivity contribution < 1.29 is 80.2 Å². The zero-order valence-corrected chi connectivity index (χ0v) is 51.6. The van der Waals surface area contributed by atoms with Crippen LogP contribution in [0, 0.1) is 5.92 Å². The molecule has 0 aliphatic carbocycles. The Bertz CT molecular complexity index is 1530. The van der Waals surface area contributed by atoms with E-state index in [0.29, 0.717) is 25.7 Å². The van der Waals surface area contributed by atoms with Gasteiger partial charge in [-0.1, -0.05) is 240 Å². The van der Waals surface area contributed by atoms with E-state index in [-0.39, 0.29) is 25.7 Å². The molecular weight excluding hydrogens is 1040 g/mol. The molecule has 0 heterocycles. The van der Waals surface area contributed by atoms with Gasteiger partial charge in [0.25, 0.3) is 0 Å². The van der Waals surface area contributed by atoms with Crippen molar-refractivity contribution in [1.29, 1.82) is 0 Å². The fourth-order valence-electron chi connectivity index (χ4n) is 8.70. The third kappa shape index (κ3) is 53.4. The Balaban J connectivity index is 5.12. The number of hydrogen-bond donors (Lipinski definition) is 3. The van der Waals surface area contributed by atoms with Gasteiger partial charge in [0, 0.05) is 25.7 Å². The summed E-state index contributed by atoms with van der Waals surface area (Å²) in [5.41, 5.74) is 0. The van der Waals surface area contributed by atoms with E-state index in [1.54, 1.807) is 0 Å². The van der Waals surface area contributed by atoms with E-state index in [2.05, 4.69) is 34.6 Å². The molecule has 2 unspecified atom stereocenters. The van der Waals surface area contributed by atoms with Crippen molar-refractivity contribution in [1.82, 2.24) is 0 Å². The predicted molar refractivity (Wildman–Crippen MR) is 308 cm³/mol. The first-order chi connectivity index (χ1) is 37.5. The molecule has 3 N–H and O–H groups in total. The number of aliphatic hydroxyl groups is 1. The molecule has 78 heavy (non-hydrogen) atoms. The molecule has 5 atom stereocenters. The summed E-state index contributed by atoms with van der Waals surface area (Å²) in [4.78, 5) is 71.5. The van der Waals surface area contributed by atoms with Crippen LogP contribution in [0.3, 0.4) is 0 Å². The minimum atomic E-state index is -4.94. The van der Waals surface area contributed by atoms with Crippen LogP contribution in [0.15, 0.2) is 0 Å². The number of rotatable bonds is 59. The number of unbranched alkanes of at least 4 members (excludes halogenated alkanes) is 31. The van der Waals surface area contributed by atoms with Gasteiger partial charge in [0.2, 0.25) is 0 Å². The lowest BCUT2D eigenvalue weighted by Gasteiger charge is -2.21. The van der Waals surface area contributed by atoms with E-state index in [1.165, 1.54) is 109 Å². The summed E-state index contributed by atoms with van der Waals surface area (Å²) in [6, 6.07) is 0. The Morgan fingerprint density at radius 3 is 0.872 bits per heavy atom. The molecule has 0 saturated carbocycles. The first kappa shape index (κ1) is 76.1. The van der Waals surface area contributed by atoms with Gasteiger partial charge in [-0.2, -0.15) is 0 Å². The first-order valence-electron chi connectivity index (χ1n) is 31.1. The number of ether oxygens (including phenoxy) is 4. The largest absolute Gasteiger partial charge is 0.472 e. The van der Waals surface area contributed by atoms with Gasteiger partial charge in [0.15, 0.2) is 12.2 Å². The van der Waals surface area contributed by atoms with Crippen molar-refractivity contribution in [3.05, 3.63) is 0 Å². The summed E-state index contributed by atoms with van der Waals surface area (Å²) in [7, 11) is -9.86. The fourth-order valence-corrected chi connectivity index (χ4v) is 10.3. The standard InChI is InChI=1S/C59H114O17P2/c1-6-9-12-15-16-17-18-19-23-26-29-34-38-43-57(62)70-49-55(76-59(64)45-40-35-30-27-24-21-20-22-25-28-33-36-41-52(4)5)51-74-78(67,68)72-47-53(60)46-71-77(65,66)73-50-54(75-58(63)44-39-32-14-11-8-3)48-69-56(61)42-37-31-13-10-7-2/h52-55,60H,6-51H2,1-5H3,(H,65,66)(H,67,68)/t53-,54+,55+/m0/s1. The van der Waals surface area contributed by atoms with E-state index in [1.807, 2.05) is 0 Å². The first-order valence-corrected chi connectivity index (χ1v) is 34.1. The molecule has 0 radical (unpaired) electrons. The van der Waals surface area contributed by atoms with Crippen molar-refractivity contribution in [2.75, 3.05) is 39.6 Å². The zero-order chi connectivity index (χ0) is 57.8. The number of esters is 4. The van der Waals surface area contributed by atoms with Crippen LogP contribution >= 0.6 is 15.6 Å². The Kier molecular flexibility index (Phi) is 51.8. The number of hydrogen-bond acceptors (Lipinski definition) is 15. The van der Waals surface area contributed by atoms with Crippen LogP contribution < -0.4 is 0 Å². The molecule has 0 rings (SSSR count).